The number of aryl methyl sites for hydroxylation is 2. The molecule has 2 unspecified atom stereocenters. The van der Waals surface area contributed by atoms with Crippen LogP contribution in [0.1, 0.15) is 63.8 Å². The number of hydrogen-bond donors (Lipinski definition) is 1. The number of nitrogens with zero attached hydrogens (tertiary/aromatic N) is 4. The highest BCUT2D eigenvalue weighted by Gasteiger charge is 2.32. The van der Waals surface area contributed by atoms with Crippen LogP contribution in [0.4, 0.5) is 5.82 Å². The van der Waals surface area contributed by atoms with Crippen LogP contribution >= 0.6 is 11.3 Å². The summed E-state index contributed by atoms with van der Waals surface area (Å²) >= 11 is 1.79. The van der Waals surface area contributed by atoms with Gasteiger partial charge in [-0.25, -0.2) is 4.98 Å². The summed E-state index contributed by atoms with van der Waals surface area (Å²) in [5, 5.41) is 7.52. The van der Waals surface area contributed by atoms with Gasteiger partial charge >= 0.3 is 0 Å². The molecule has 4 aromatic rings. The molecule has 2 aliphatic rings. The number of hydrogen-bond acceptors (Lipinski definition) is 6. The summed E-state index contributed by atoms with van der Waals surface area (Å²) in [5.41, 5.74) is 13.2. The fourth-order valence-electron chi connectivity index (χ4n) is 5.48. The first-order valence-corrected chi connectivity index (χ1v) is 12.5. The molecule has 0 fully saturated rings. The number of nitrogen functional groups attached to an aromatic ring is 1. The van der Waals surface area contributed by atoms with Gasteiger partial charge in [-0.3, -0.25) is 9.48 Å². The van der Waals surface area contributed by atoms with E-state index in [0.717, 1.165) is 46.9 Å². The van der Waals surface area contributed by atoms with Gasteiger partial charge in [0.1, 0.15) is 5.82 Å². The maximum absolute atomic E-state index is 13.7. The molecule has 2 atom stereocenters. The Balaban J connectivity index is 1.38. The summed E-state index contributed by atoms with van der Waals surface area (Å²) in [6.07, 6.45) is 6.95. The van der Waals surface area contributed by atoms with Crippen molar-refractivity contribution in [2.45, 2.75) is 44.9 Å². The van der Waals surface area contributed by atoms with Gasteiger partial charge in [0.05, 0.1) is 30.5 Å². The number of thiophene rings is 1. The highest BCUT2D eigenvalue weighted by atomic mass is 32.1. The highest BCUT2D eigenvalue weighted by molar-refractivity contribution is 7.10. The molecule has 0 saturated heterocycles. The average molecular weight is 474 g/mol. The Morgan fingerprint density at radius 1 is 1.32 bits per heavy atom. The Bertz CT molecular complexity index is 1440. The molecule has 0 saturated carbocycles. The van der Waals surface area contributed by atoms with Crippen LogP contribution in [0.5, 0.6) is 0 Å². The Labute approximate surface area is 202 Å². The molecule has 6 rings (SSSR count). The third-order valence-corrected chi connectivity index (χ3v) is 8.28. The minimum absolute atomic E-state index is 0.0145. The quantitative estimate of drug-likeness (QED) is 0.452. The topological polar surface area (TPSA) is 86.3 Å². The number of carbonyl (C=O) groups excluding carboxylic acids is 1. The van der Waals surface area contributed by atoms with Gasteiger partial charge < -0.3 is 15.4 Å². The third-order valence-electron chi connectivity index (χ3n) is 7.22. The molecule has 3 aromatic heterocycles. The van der Waals surface area contributed by atoms with E-state index in [1.54, 1.807) is 11.3 Å². The molecule has 34 heavy (non-hydrogen) atoms. The van der Waals surface area contributed by atoms with Crippen molar-refractivity contribution in [3.8, 4) is 11.1 Å². The minimum atomic E-state index is -0.0842. The van der Waals surface area contributed by atoms with Crippen molar-refractivity contribution in [2.75, 3.05) is 12.8 Å². The fraction of sp³-hybridized carbons (Fsp3) is 0.346. The van der Waals surface area contributed by atoms with Gasteiger partial charge in [-0.15, -0.1) is 11.3 Å². The molecule has 2 N–H and O–H groups in total. The lowest BCUT2D eigenvalue weighted by Gasteiger charge is -2.33. The van der Waals surface area contributed by atoms with Crippen LogP contribution in [0.3, 0.4) is 0 Å². The SMILES string of the molecule is CC1OCc2c1c(N)nc1ccc(C(=O)N(C)C3CCCc4scc(-c5cnn(C)c5)c43)cc21. The number of rotatable bonds is 3. The van der Waals surface area contributed by atoms with Crippen molar-refractivity contribution in [3.63, 3.8) is 0 Å². The molecule has 4 heterocycles. The summed E-state index contributed by atoms with van der Waals surface area (Å²) in [5.74, 6) is 0.527. The van der Waals surface area contributed by atoms with Crippen LogP contribution in [0.15, 0.2) is 36.0 Å². The molecule has 7 nitrogen and oxygen atoms in total. The molecule has 8 heteroatoms. The maximum Gasteiger partial charge on any atom is 0.254 e. The van der Waals surface area contributed by atoms with Gasteiger partial charge in [0, 0.05) is 52.8 Å². The van der Waals surface area contributed by atoms with Gasteiger partial charge in [0.15, 0.2) is 0 Å². The molecule has 1 amide bonds. The molecule has 0 bridgehead atoms. The standard InChI is InChI=1S/C26H27N5O2S/c1-14-23-18(12-33-14)17-9-15(7-8-20(17)29-25(23)27)26(32)31(3)21-5-4-6-22-24(21)19(13-34-22)16-10-28-30(2)11-16/h7-11,13-14,21H,4-6,12H2,1-3H3,(H2,27,29). The summed E-state index contributed by atoms with van der Waals surface area (Å²) in [7, 11) is 3.86. The average Bonchev–Trinajstić information content (AvgIpc) is 3.56. The first kappa shape index (κ1) is 21.3. The first-order chi connectivity index (χ1) is 16.4. The Kier molecular flexibility index (Phi) is 4.97. The smallest absolute Gasteiger partial charge is 0.254 e. The molecular formula is C26H27N5O2S. The van der Waals surface area contributed by atoms with E-state index < -0.39 is 0 Å². The van der Waals surface area contributed by atoms with E-state index >= 15 is 0 Å². The second-order valence-electron chi connectivity index (χ2n) is 9.29. The van der Waals surface area contributed by atoms with Gasteiger partial charge in [0.2, 0.25) is 0 Å². The third kappa shape index (κ3) is 3.24. The number of pyridine rings is 1. The predicted octanol–water partition coefficient (Wildman–Crippen LogP) is 5.02. The lowest BCUT2D eigenvalue weighted by molar-refractivity contribution is 0.0716. The van der Waals surface area contributed by atoms with Crippen molar-refractivity contribution in [2.24, 2.45) is 7.05 Å². The summed E-state index contributed by atoms with van der Waals surface area (Å²) in [4.78, 5) is 21.6. The van der Waals surface area contributed by atoms with Crippen molar-refractivity contribution in [3.05, 3.63) is 63.1 Å². The number of carbonyl (C=O) groups is 1. The number of fused-ring (bicyclic) bond motifs is 4. The van der Waals surface area contributed by atoms with Crippen molar-refractivity contribution >= 4 is 34.0 Å². The largest absolute Gasteiger partial charge is 0.383 e. The summed E-state index contributed by atoms with van der Waals surface area (Å²) in [6.45, 7) is 2.47. The van der Waals surface area contributed by atoms with Gasteiger partial charge in [-0.05, 0) is 60.9 Å². The monoisotopic (exact) mass is 473 g/mol. The Morgan fingerprint density at radius 2 is 2.18 bits per heavy atom. The van der Waals surface area contributed by atoms with E-state index in [4.69, 9.17) is 10.5 Å². The Hall–Kier alpha value is -3.23. The second-order valence-corrected chi connectivity index (χ2v) is 10.3. The second kappa shape index (κ2) is 7.92. The normalized spacial score (nSPS) is 19.3. The lowest BCUT2D eigenvalue weighted by Crippen LogP contribution is -2.33. The predicted molar refractivity (Wildman–Crippen MR) is 134 cm³/mol. The molecular weight excluding hydrogens is 446 g/mol. The Morgan fingerprint density at radius 3 is 2.97 bits per heavy atom. The van der Waals surface area contributed by atoms with Crippen molar-refractivity contribution in [1.29, 1.82) is 0 Å². The zero-order valence-electron chi connectivity index (χ0n) is 19.5. The maximum atomic E-state index is 13.7. The molecule has 174 valence electrons. The highest BCUT2D eigenvalue weighted by Crippen LogP contribution is 2.44. The number of ether oxygens (including phenoxy) is 1. The van der Waals surface area contributed by atoms with Crippen molar-refractivity contribution < 1.29 is 9.53 Å². The van der Waals surface area contributed by atoms with E-state index in [0.29, 0.717) is 18.0 Å². The van der Waals surface area contributed by atoms with E-state index in [1.165, 1.54) is 16.0 Å². The molecule has 1 aliphatic heterocycles. The van der Waals surface area contributed by atoms with Crippen LogP contribution in [0.25, 0.3) is 22.0 Å². The van der Waals surface area contributed by atoms with Crippen molar-refractivity contribution in [1.82, 2.24) is 19.7 Å². The van der Waals surface area contributed by atoms with Crippen LogP contribution < -0.4 is 5.73 Å². The first-order valence-electron chi connectivity index (χ1n) is 11.6. The number of anilines is 1. The minimum Gasteiger partial charge on any atom is -0.383 e. The van der Waals surface area contributed by atoms with Crippen LogP contribution in [0, 0.1) is 0 Å². The molecule has 1 aromatic carbocycles. The zero-order valence-corrected chi connectivity index (χ0v) is 20.4. The van der Waals surface area contributed by atoms with Gasteiger partial charge in [0.25, 0.3) is 5.91 Å². The molecule has 1 aliphatic carbocycles. The van der Waals surface area contributed by atoms with E-state index in [1.807, 2.05) is 61.2 Å². The van der Waals surface area contributed by atoms with Gasteiger partial charge in [-0.2, -0.15) is 5.10 Å². The number of benzene rings is 1. The lowest BCUT2D eigenvalue weighted by atomic mass is 9.88. The van der Waals surface area contributed by atoms with E-state index in [2.05, 4.69) is 15.5 Å². The zero-order chi connectivity index (χ0) is 23.6. The van der Waals surface area contributed by atoms with Crippen LogP contribution in [-0.2, 0) is 24.8 Å². The van der Waals surface area contributed by atoms with E-state index in [-0.39, 0.29) is 18.1 Å². The molecule has 0 spiro atoms. The summed E-state index contributed by atoms with van der Waals surface area (Å²) < 4.78 is 7.65. The fourth-order valence-corrected chi connectivity index (χ4v) is 6.64. The van der Waals surface area contributed by atoms with Crippen LogP contribution in [-0.4, -0.2) is 32.6 Å². The number of amides is 1. The molecule has 0 radical (unpaired) electrons. The van der Waals surface area contributed by atoms with Gasteiger partial charge in [-0.1, -0.05) is 0 Å². The summed E-state index contributed by atoms with van der Waals surface area (Å²) in [6, 6.07) is 5.75. The van der Waals surface area contributed by atoms with E-state index in [9.17, 15) is 4.79 Å². The van der Waals surface area contributed by atoms with Crippen LogP contribution in [0.2, 0.25) is 0 Å². The number of nitrogens with two attached hydrogens (primary N) is 1. The number of aromatic nitrogens is 3.